The molecule has 0 aliphatic carbocycles. The normalized spacial score (nSPS) is 10.5. The Morgan fingerprint density at radius 1 is 1.00 bits per heavy atom. The van der Waals surface area contributed by atoms with Crippen LogP contribution in [0.2, 0.25) is 0 Å². The lowest BCUT2D eigenvalue weighted by atomic mass is 9.98. The molecule has 3 N–H and O–H groups in total. The smallest absolute Gasteiger partial charge is 0.226 e. The van der Waals surface area contributed by atoms with Crippen LogP contribution in [0.5, 0.6) is 0 Å². The van der Waals surface area contributed by atoms with E-state index in [1.165, 1.54) is 18.1 Å². The van der Waals surface area contributed by atoms with Gasteiger partial charge >= 0.3 is 0 Å². The van der Waals surface area contributed by atoms with Crippen LogP contribution >= 0.6 is 0 Å². The molecule has 0 fully saturated rings. The van der Waals surface area contributed by atoms with Gasteiger partial charge in [0.25, 0.3) is 0 Å². The van der Waals surface area contributed by atoms with Crippen LogP contribution in [0.1, 0.15) is 44.2 Å². The highest BCUT2D eigenvalue weighted by Gasteiger charge is 2.09. The minimum Gasteiger partial charge on any atom is -0.384 e. The number of hydrogen-bond donors (Lipinski definition) is 3. The summed E-state index contributed by atoms with van der Waals surface area (Å²) in [6.07, 6.45) is 0.357. The van der Waals surface area contributed by atoms with Crippen molar-refractivity contribution in [3.63, 3.8) is 0 Å². The fourth-order valence-electron chi connectivity index (χ4n) is 2.82. The van der Waals surface area contributed by atoms with Crippen LogP contribution in [-0.2, 0) is 9.59 Å². The third-order valence-corrected chi connectivity index (χ3v) is 4.05. The molecule has 0 saturated heterocycles. The van der Waals surface area contributed by atoms with Gasteiger partial charge in [-0.25, -0.2) is 0 Å². The first-order valence-electron chi connectivity index (χ1n) is 8.87. The van der Waals surface area contributed by atoms with Crippen LogP contribution in [0, 0.1) is 6.92 Å². The molecule has 5 nitrogen and oxygen atoms in total. The third-order valence-electron chi connectivity index (χ3n) is 4.05. The van der Waals surface area contributed by atoms with Gasteiger partial charge in [0.05, 0.1) is 0 Å². The Balaban J connectivity index is 1.91. The van der Waals surface area contributed by atoms with Gasteiger partial charge in [-0.05, 0) is 42.2 Å². The summed E-state index contributed by atoms with van der Waals surface area (Å²) >= 11 is 0. The van der Waals surface area contributed by atoms with Crippen molar-refractivity contribution in [2.24, 2.45) is 0 Å². The van der Waals surface area contributed by atoms with E-state index < -0.39 is 0 Å². The lowest BCUT2D eigenvalue weighted by molar-refractivity contribution is -0.116. The van der Waals surface area contributed by atoms with E-state index in [1.807, 2.05) is 0 Å². The summed E-state index contributed by atoms with van der Waals surface area (Å²) in [7, 11) is 0. The molecule has 0 aliphatic heterocycles. The SMILES string of the molecule is CC(=O)Nc1cccc(NC(=O)CCNc2c(C)cccc2C(C)C)c1. The van der Waals surface area contributed by atoms with E-state index in [4.69, 9.17) is 0 Å². The maximum absolute atomic E-state index is 12.2. The molecular formula is C21H27N3O2. The maximum atomic E-state index is 12.2. The molecule has 0 heterocycles. The van der Waals surface area contributed by atoms with Gasteiger partial charge in [0.15, 0.2) is 0 Å². The Kier molecular flexibility index (Phi) is 6.78. The summed E-state index contributed by atoms with van der Waals surface area (Å²) in [5.41, 5.74) is 4.88. The Morgan fingerprint density at radius 3 is 2.31 bits per heavy atom. The zero-order chi connectivity index (χ0) is 19.1. The van der Waals surface area contributed by atoms with Gasteiger partial charge in [0.2, 0.25) is 11.8 Å². The first-order valence-corrected chi connectivity index (χ1v) is 8.87. The first kappa shape index (κ1) is 19.5. The van der Waals surface area contributed by atoms with E-state index >= 15 is 0 Å². The molecule has 5 heteroatoms. The van der Waals surface area contributed by atoms with E-state index in [2.05, 4.69) is 54.9 Å². The second-order valence-corrected chi connectivity index (χ2v) is 6.68. The summed E-state index contributed by atoms with van der Waals surface area (Å²) in [5, 5.41) is 8.97. The van der Waals surface area contributed by atoms with Crippen molar-refractivity contribution in [3.8, 4) is 0 Å². The molecule has 2 rings (SSSR count). The quantitative estimate of drug-likeness (QED) is 0.685. The monoisotopic (exact) mass is 353 g/mol. The molecule has 0 atom stereocenters. The van der Waals surface area contributed by atoms with Crippen LogP contribution < -0.4 is 16.0 Å². The van der Waals surface area contributed by atoms with Gasteiger partial charge in [-0.1, -0.05) is 38.1 Å². The molecule has 0 radical (unpaired) electrons. The third kappa shape index (κ3) is 5.62. The summed E-state index contributed by atoms with van der Waals surface area (Å²) in [6.45, 7) is 8.40. The number of carbonyl (C=O) groups is 2. The van der Waals surface area contributed by atoms with E-state index in [9.17, 15) is 9.59 Å². The lowest BCUT2D eigenvalue weighted by Crippen LogP contribution is -2.17. The number of anilines is 3. The van der Waals surface area contributed by atoms with Gasteiger partial charge in [-0.15, -0.1) is 0 Å². The minimum atomic E-state index is -0.142. The highest BCUT2D eigenvalue weighted by atomic mass is 16.2. The van der Waals surface area contributed by atoms with E-state index in [-0.39, 0.29) is 11.8 Å². The Hall–Kier alpha value is -2.82. The standard InChI is InChI=1S/C21H27N3O2/c1-14(2)19-10-5-7-15(3)21(19)22-12-11-20(26)24-18-9-6-8-17(13-18)23-16(4)25/h5-10,13-14,22H,11-12H2,1-4H3,(H,23,25)(H,24,26). The second-order valence-electron chi connectivity index (χ2n) is 6.68. The Labute approximate surface area is 155 Å². The number of hydrogen-bond acceptors (Lipinski definition) is 3. The molecule has 0 spiro atoms. The minimum absolute atomic E-state index is 0.0721. The number of amides is 2. The molecule has 0 unspecified atom stereocenters. The first-order chi connectivity index (χ1) is 12.4. The lowest BCUT2D eigenvalue weighted by Gasteiger charge is -2.17. The highest BCUT2D eigenvalue weighted by molar-refractivity contribution is 5.93. The van der Waals surface area contributed by atoms with Crippen molar-refractivity contribution < 1.29 is 9.59 Å². The summed E-state index contributed by atoms with van der Waals surface area (Å²) in [4.78, 5) is 23.3. The number of carbonyl (C=O) groups excluding carboxylic acids is 2. The molecule has 2 aromatic carbocycles. The van der Waals surface area contributed by atoms with E-state index in [0.29, 0.717) is 30.3 Å². The van der Waals surface area contributed by atoms with Crippen LogP contribution in [0.25, 0.3) is 0 Å². The van der Waals surface area contributed by atoms with Gasteiger partial charge in [-0.3, -0.25) is 9.59 Å². The number of nitrogens with one attached hydrogen (secondary N) is 3. The number of rotatable bonds is 7. The molecule has 2 aromatic rings. The molecule has 0 aliphatic rings. The van der Waals surface area contributed by atoms with Crippen molar-refractivity contribution >= 4 is 28.9 Å². The zero-order valence-electron chi connectivity index (χ0n) is 15.8. The molecule has 2 amide bonds. The van der Waals surface area contributed by atoms with E-state index in [0.717, 1.165) is 5.69 Å². The number of benzene rings is 2. The van der Waals surface area contributed by atoms with Gasteiger partial charge < -0.3 is 16.0 Å². The summed E-state index contributed by atoms with van der Waals surface area (Å²) in [6, 6.07) is 13.4. The van der Waals surface area contributed by atoms with Crippen molar-refractivity contribution in [2.75, 3.05) is 22.5 Å². The molecular weight excluding hydrogens is 326 g/mol. The number of aryl methyl sites for hydroxylation is 1. The highest BCUT2D eigenvalue weighted by Crippen LogP contribution is 2.27. The second kappa shape index (κ2) is 9.04. The molecule has 0 aromatic heterocycles. The van der Waals surface area contributed by atoms with Crippen LogP contribution in [0.15, 0.2) is 42.5 Å². The van der Waals surface area contributed by atoms with Crippen molar-refractivity contribution in [3.05, 3.63) is 53.6 Å². The van der Waals surface area contributed by atoms with Gasteiger partial charge in [0, 0.05) is 37.0 Å². The average molecular weight is 353 g/mol. The largest absolute Gasteiger partial charge is 0.384 e. The summed E-state index contributed by atoms with van der Waals surface area (Å²) < 4.78 is 0. The molecule has 0 saturated carbocycles. The van der Waals surface area contributed by atoms with Crippen LogP contribution in [0.3, 0.4) is 0 Å². The van der Waals surface area contributed by atoms with Gasteiger partial charge in [0.1, 0.15) is 0 Å². The van der Waals surface area contributed by atoms with Crippen molar-refractivity contribution in [2.45, 2.75) is 40.0 Å². The van der Waals surface area contributed by atoms with Crippen molar-refractivity contribution in [1.29, 1.82) is 0 Å². The van der Waals surface area contributed by atoms with Crippen LogP contribution in [-0.4, -0.2) is 18.4 Å². The number of para-hydroxylation sites is 1. The Bertz CT molecular complexity index is 785. The van der Waals surface area contributed by atoms with E-state index in [1.54, 1.807) is 24.3 Å². The fourth-order valence-corrected chi connectivity index (χ4v) is 2.82. The van der Waals surface area contributed by atoms with Crippen molar-refractivity contribution in [1.82, 2.24) is 0 Å². The zero-order valence-corrected chi connectivity index (χ0v) is 15.8. The maximum Gasteiger partial charge on any atom is 0.226 e. The predicted octanol–water partition coefficient (Wildman–Crippen LogP) is 4.52. The van der Waals surface area contributed by atoms with Gasteiger partial charge in [-0.2, -0.15) is 0 Å². The molecule has 26 heavy (non-hydrogen) atoms. The predicted molar refractivity (Wildman–Crippen MR) is 108 cm³/mol. The topological polar surface area (TPSA) is 70.2 Å². The fraction of sp³-hybridized carbons (Fsp3) is 0.333. The molecule has 0 bridgehead atoms. The molecule has 138 valence electrons. The Morgan fingerprint density at radius 2 is 1.65 bits per heavy atom. The summed E-state index contributed by atoms with van der Waals surface area (Å²) in [5.74, 6) is 0.205. The van der Waals surface area contributed by atoms with Crippen LogP contribution in [0.4, 0.5) is 17.1 Å². The average Bonchev–Trinajstić information content (AvgIpc) is 2.55.